The zero-order chi connectivity index (χ0) is 15.1. The molecule has 0 aliphatic carbocycles. The van der Waals surface area contributed by atoms with Crippen molar-refractivity contribution in [2.45, 2.75) is 19.3 Å². The number of nitrogens with one attached hydrogen (secondary N) is 1. The summed E-state index contributed by atoms with van der Waals surface area (Å²) in [6.07, 6.45) is 6.41. The summed E-state index contributed by atoms with van der Waals surface area (Å²) in [5, 5.41) is 2.62. The van der Waals surface area contributed by atoms with Crippen molar-refractivity contribution in [1.82, 2.24) is 10.2 Å². The summed E-state index contributed by atoms with van der Waals surface area (Å²) in [7, 11) is 0. The van der Waals surface area contributed by atoms with E-state index in [2.05, 4.69) is 5.32 Å². The second-order valence-corrected chi connectivity index (χ2v) is 5.16. The molecule has 0 bridgehead atoms. The zero-order valence-corrected chi connectivity index (χ0v) is 12.0. The van der Waals surface area contributed by atoms with Gasteiger partial charge in [0.25, 0.3) is 0 Å². The van der Waals surface area contributed by atoms with Crippen LogP contribution in [0.3, 0.4) is 0 Å². The first-order chi connectivity index (χ1) is 10.1. The van der Waals surface area contributed by atoms with Gasteiger partial charge in [0.05, 0.1) is 6.54 Å². The highest BCUT2D eigenvalue weighted by Gasteiger charge is 2.16. The van der Waals surface area contributed by atoms with E-state index < -0.39 is 0 Å². The van der Waals surface area contributed by atoms with Crippen LogP contribution in [0.5, 0.6) is 0 Å². The van der Waals surface area contributed by atoms with Crippen LogP contribution < -0.4 is 11.1 Å². The van der Waals surface area contributed by atoms with Crippen LogP contribution in [0.2, 0.25) is 0 Å². The molecule has 1 aromatic carbocycles. The molecule has 0 radical (unpaired) electrons. The van der Waals surface area contributed by atoms with Gasteiger partial charge in [0.15, 0.2) is 0 Å². The zero-order valence-electron chi connectivity index (χ0n) is 12.0. The third-order valence-electron chi connectivity index (χ3n) is 3.49. The van der Waals surface area contributed by atoms with Crippen molar-refractivity contribution >= 4 is 23.6 Å². The van der Waals surface area contributed by atoms with E-state index in [1.54, 1.807) is 18.2 Å². The monoisotopic (exact) mass is 287 g/mol. The van der Waals surface area contributed by atoms with Crippen LogP contribution in [0, 0.1) is 0 Å². The van der Waals surface area contributed by atoms with E-state index in [1.165, 1.54) is 12.5 Å². The Balaban J connectivity index is 1.76. The molecule has 1 saturated heterocycles. The molecule has 1 heterocycles. The van der Waals surface area contributed by atoms with Crippen molar-refractivity contribution in [1.29, 1.82) is 0 Å². The number of amides is 2. The number of anilines is 1. The van der Waals surface area contributed by atoms with E-state index in [4.69, 9.17) is 5.73 Å². The number of carbonyl (C=O) groups is 2. The topological polar surface area (TPSA) is 75.4 Å². The van der Waals surface area contributed by atoms with Crippen molar-refractivity contribution in [3.63, 3.8) is 0 Å². The minimum absolute atomic E-state index is 0.0102. The Labute approximate surface area is 124 Å². The second kappa shape index (κ2) is 7.47. The lowest BCUT2D eigenvalue weighted by Crippen LogP contribution is -2.42. The summed E-state index contributed by atoms with van der Waals surface area (Å²) in [6.45, 7) is 1.66. The van der Waals surface area contributed by atoms with E-state index in [0.29, 0.717) is 5.69 Å². The predicted octanol–water partition coefficient (Wildman–Crippen LogP) is 1.41. The fraction of sp³-hybridized carbons (Fsp3) is 0.375. The number of nitrogens with zero attached hydrogens (tertiary/aromatic N) is 1. The molecule has 3 N–H and O–H groups in total. The minimum Gasteiger partial charge on any atom is -0.399 e. The highest BCUT2D eigenvalue weighted by Crippen LogP contribution is 2.08. The molecule has 1 fully saturated rings. The largest absolute Gasteiger partial charge is 0.399 e. The highest BCUT2D eigenvalue weighted by molar-refractivity contribution is 5.94. The molecule has 0 atom stereocenters. The molecule has 0 unspecified atom stereocenters. The Bertz CT molecular complexity index is 517. The van der Waals surface area contributed by atoms with Crippen LogP contribution in [-0.4, -0.2) is 36.3 Å². The summed E-state index contributed by atoms with van der Waals surface area (Å²) in [4.78, 5) is 25.4. The molecule has 21 heavy (non-hydrogen) atoms. The van der Waals surface area contributed by atoms with E-state index in [1.807, 2.05) is 17.0 Å². The standard InChI is InChI=1S/C16H21N3O2/c17-14-7-4-13(5-8-14)6-9-15(20)18-12-16(21)19-10-2-1-3-11-19/h4-9H,1-3,10-12,17H2,(H,18,20)/b9-6+. The van der Waals surface area contributed by atoms with Gasteiger partial charge in [-0.25, -0.2) is 0 Å². The number of carbonyl (C=O) groups excluding carboxylic acids is 2. The number of piperidine rings is 1. The number of likely N-dealkylation sites (tertiary alicyclic amines) is 1. The number of rotatable bonds is 4. The first kappa shape index (κ1) is 15.1. The average molecular weight is 287 g/mol. The quantitative estimate of drug-likeness (QED) is 0.649. The fourth-order valence-corrected chi connectivity index (χ4v) is 2.26. The maximum Gasteiger partial charge on any atom is 0.244 e. The number of nitrogens with two attached hydrogens (primary N) is 1. The lowest BCUT2D eigenvalue weighted by molar-refractivity contribution is -0.132. The summed E-state index contributed by atoms with van der Waals surface area (Å²) < 4.78 is 0. The van der Waals surface area contributed by atoms with E-state index in [9.17, 15) is 9.59 Å². The van der Waals surface area contributed by atoms with E-state index in [-0.39, 0.29) is 18.4 Å². The molecule has 2 amide bonds. The predicted molar refractivity (Wildman–Crippen MR) is 83.3 cm³/mol. The molecular weight excluding hydrogens is 266 g/mol. The van der Waals surface area contributed by atoms with Gasteiger partial charge in [-0.15, -0.1) is 0 Å². The average Bonchev–Trinajstić information content (AvgIpc) is 2.53. The molecular formula is C16H21N3O2. The molecule has 1 aliphatic heterocycles. The maximum atomic E-state index is 11.9. The van der Waals surface area contributed by atoms with E-state index in [0.717, 1.165) is 31.5 Å². The summed E-state index contributed by atoms with van der Waals surface area (Å²) >= 11 is 0. The summed E-state index contributed by atoms with van der Waals surface area (Å²) in [6, 6.07) is 7.21. The smallest absolute Gasteiger partial charge is 0.244 e. The molecule has 0 saturated carbocycles. The number of nitrogen functional groups attached to an aromatic ring is 1. The van der Waals surface area contributed by atoms with Gasteiger partial charge in [0.1, 0.15) is 0 Å². The normalized spacial score (nSPS) is 15.1. The molecule has 1 aromatic rings. The third kappa shape index (κ3) is 4.95. The third-order valence-corrected chi connectivity index (χ3v) is 3.49. The van der Waals surface area contributed by atoms with Crippen molar-refractivity contribution in [2.24, 2.45) is 0 Å². The highest BCUT2D eigenvalue weighted by atomic mass is 16.2. The minimum atomic E-state index is -0.266. The second-order valence-electron chi connectivity index (χ2n) is 5.16. The molecule has 5 nitrogen and oxygen atoms in total. The molecule has 112 valence electrons. The molecule has 0 spiro atoms. The van der Waals surface area contributed by atoms with Crippen LogP contribution in [0.15, 0.2) is 30.3 Å². The number of hydrogen-bond donors (Lipinski definition) is 2. The van der Waals surface area contributed by atoms with Gasteiger partial charge in [-0.3, -0.25) is 9.59 Å². The Morgan fingerprint density at radius 3 is 2.48 bits per heavy atom. The van der Waals surface area contributed by atoms with Crippen LogP contribution in [-0.2, 0) is 9.59 Å². The van der Waals surface area contributed by atoms with Crippen molar-refractivity contribution in [3.05, 3.63) is 35.9 Å². The first-order valence-electron chi connectivity index (χ1n) is 7.24. The Kier molecular flexibility index (Phi) is 5.37. The van der Waals surface area contributed by atoms with Gasteiger partial charge in [0.2, 0.25) is 11.8 Å². The Hall–Kier alpha value is -2.30. The van der Waals surface area contributed by atoms with Crippen LogP contribution in [0.4, 0.5) is 5.69 Å². The van der Waals surface area contributed by atoms with Gasteiger partial charge in [0, 0.05) is 24.9 Å². The van der Waals surface area contributed by atoms with Gasteiger partial charge >= 0.3 is 0 Å². The first-order valence-corrected chi connectivity index (χ1v) is 7.24. The summed E-state index contributed by atoms with van der Waals surface area (Å²) in [5.74, 6) is -0.277. The molecule has 5 heteroatoms. The van der Waals surface area contributed by atoms with Crippen LogP contribution >= 0.6 is 0 Å². The van der Waals surface area contributed by atoms with Crippen molar-refractivity contribution < 1.29 is 9.59 Å². The molecule has 2 rings (SSSR count). The fourth-order valence-electron chi connectivity index (χ4n) is 2.26. The molecule has 0 aromatic heterocycles. The van der Waals surface area contributed by atoms with Gasteiger partial charge in [-0.2, -0.15) is 0 Å². The van der Waals surface area contributed by atoms with Crippen molar-refractivity contribution in [2.75, 3.05) is 25.4 Å². The van der Waals surface area contributed by atoms with Gasteiger partial charge in [-0.1, -0.05) is 12.1 Å². The van der Waals surface area contributed by atoms with E-state index >= 15 is 0 Å². The lowest BCUT2D eigenvalue weighted by atomic mass is 10.1. The Morgan fingerprint density at radius 2 is 1.81 bits per heavy atom. The maximum absolute atomic E-state index is 11.9. The van der Waals surface area contributed by atoms with Crippen molar-refractivity contribution in [3.8, 4) is 0 Å². The number of hydrogen-bond acceptors (Lipinski definition) is 3. The lowest BCUT2D eigenvalue weighted by Gasteiger charge is -2.26. The summed E-state index contributed by atoms with van der Waals surface area (Å²) in [5.41, 5.74) is 7.16. The van der Waals surface area contributed by atoms with Crippen LogP contribution in [0.1, 0.15) is 24.8 Å². The SMILES string of the molecule is Nc1ccc(/C=C/C(=O)NCC(=O)N2CCCCC2)cc1. The molecule has 1 aliphatic rings. The van der Waals surface area contributed by atoms with Crippen LogP contribution in [0.25, 0.3) is 6.08 Å². The Morgan fingerprint density at radius 1 is 1.14 bits per heavy atom. The van der Waals surface area contributed by atoms with Gasteiger partial charge < -0.3 is 16.0 Å². The van der Waals surface area contributed by atoms with Gasteiger partial charge in [-0.05, 0) is 43.0 Å². The number of benzene rings is 1.